The van der Waals surface area contributed by atoms with E-state index in [4.69, 9.17) is 67.8 Å². The molecule has 0 unspecified atom stereocenters. The van der Waals surface area contributed by atoms with Crippen molar-refractivity contribution in [2.45, 2.75) is 118 Å². The fourth-order valence-electron chi connectivity index (χ4n) is 3.89. The second-order valence-electron chi connectivity index (χ2n) is 17.1. The Morgan fingerprint density at radius 2 is 0.781 bits per heavy atom. The van der Waals surface area contributed by atoms with Gasteiger partial charge in [-0.1, -0.05) is 24.8 Å². The number of hydroxylamine groups is 2. The molecule has 4 N–H and O–H groups in total. The van der Waals surface area contributed by atoms with Crippen molar-refractivity contribution in [3.8, 4) is 0 Å². The van der Waals surface area contributed by atoms with Crippen LogP contribution in [0.1, 0.15) is 101 Å². The van der Waals surface area contributed by atoms with Crippen molar-refractivity contribution in [2.24, 2.45) is 0 Å². The summed E-state index contributed by atoms with van der Waals surface area (Å²) in [6, 6.07) is 0. The zero-order valence-electron chi connectivity index (χ0n) is 45.0. The summed E-state index contributed by atoms with van der Waals surface area (Å²) in [6.07, 6.45) is 6.81. The lowest BCUT2D eigenvalue weighted by atomic mass is 10.2. The van der Waals surface area contributed by atoms with Gasteiger partial charge < -0.3 is 72.6 Å². The fraction of sp³-hybridized carbons (Fsp3) is 0.700. The van der Waals surface area contributed by atoms with Crippen LogP contribution in [0, 0.1) is 0 Å². The Hall–Kier alpha value is -4.95. The largest absolute Gasteiger partial charge is 0.481 e. The summed E-state index contributed by atoms with van der Waals surface area (Å²) in [6.45, 7) is 35.4. The summed E-state index contributed by atoms with van der Waals surface area (Å²) in [5.41, 5.74) is -1.26. The van der Waals surface area contributed by atoms with Crippen molar-refractivity contribution in [1.82, 2.24) is 5.06 Å². The van der Waals surface area contributed by atoms with E-state index in [0.717, 1.165) is 6.08 Å². The summed E-state index contributed by atoms with van der Waals surface area (Å²) in [7, 11) is 0. The Kier molecular flexibility index (Phi) is 54.7. The number of carbonyl (C=O) groups excluding carboxylic acids is 6. The molecule has 0 aromatic heterocycles. The van der Waals surface area contributed by atoms with Gasteiger partial charge in [-0.3, -0.25) is 24.0 Å². The van der Waals surface area contributed by atoms with E-state index in [1.807, 2.05) is 62.3 Å². The molecule has 426 valence electrons. The van der Waals surface area contributed by atoms with Crippen molar-refractivity contribution in [3.05, 3.63) is 50.6 Å². The van der Waals surface area contributed by atoms with Crippen molar-refractivity contribution in [2.75, 3.05) is 112 Å². The van der Waals surface area contributed by atoms with E-state index in [-0.39, 0.29) is 96.1 Å². The molecule has 2 amide bonds. The van der Waals surface area contributed by atoms with E-state index in [0.29, 0.717) is 77.7 Å². The molecule has 73 heavy (non-hydrogen) atoms. The van der Waals surface area contributed by atoms with Crippen molar-refractivity contribution < 1.29 is 106 Å². The van der Waals surface area contributed by atoms with Crippen LogP contribution in [0.15, 0.2) is 50.6 Å². The third kappa shape index (κ3) is 71.4. The molecule has 0 aromatic rings. The number of carboxylic acids is 1. The number of imide groups is 1. The number of carbonyl (C=O) groups is 7. The number of hydrogen-bond acceptors (Lipinski definition) is 21. The highest BCUT2D eigenvalue weighted by atomic mass is 16.7. The van der Waals surface area contributed by atoms with E-state index in [1.165, 1.54) is 0 Å². The van der Waals surface area contributed by atoms with Gasteiger partial charge >= 0.3 is 29.8 Å². The zero-order chi connectivity index (χ0) is 57.0. The highest BCUT2D eigenvalue weighted by Gasteiger charge is 2.32. The first-order valence-corrected chi connectivity index (χ1v) is 23.5. The second-order valence-corrected chi connectivity index (χ2v) is 17.1. The predicted octanol–water partition coefficient (Wildman–Crippen LogP) is 4.03. The molecule has 1 aliphatic heterocycles. The normalized spacial score (nSPS) is 11.6. The number of nitrogens with zero attached hydrogens (tertiary/aromatic N) is 1. The van der Waals surface area contributed by atoms with Gasteiger partial charge in [-0.25, -0.2) is 9.59 Å². The van der Waals surface area contributed by atoms with Gasteiger partial charge in [-0.05, 0) is 62.3 Å². The average Bonchev–Trinajstić information content (AvgIpc) is 3.60. The van der Waals surface area contributed by atoms with Crippen molar-refractivity contribution in [3.63, 3.8) is 0 Å². The van der Waals surface area contributed by atoms with Gasteiger partial charge in [0.1, 0.15) is 16.8 Å². The number of aliphatic hydroxyl groups is 3. The van der Waals surface area contributed by atoms with Gasteiger partial charge in [0.2, 0.25) is 0 Å². The topological polar surface area (TPSA) is 305 Å². The minimum absolute atomic E-state index is 0.0195. The molecule has 1 saturated heterocycles. The molecular weight excluding hydrogens is 967 g/mol. The van der Waals surface area contributed by atoms with Gasteiger partial charge in [0, 0.05) is 18.9 Å². The van der Waals surface area contributed by atoms with Crippen molar-refractivity contribution in [1.29, 1.82) is 0 Å². The minimum atomic E-state index is -0.845. The number of ether oxygens (including phenoxy) is 10. The standard InChI is InChI=1S/C12H17NO6.C12H22O4.C9H18O4.C8H14O4.C7H12O2.C2H6O2/c1-2-6-17-8-9-18-7-5-12(16)19-13-10(14)3-4-11(13)15;1-5-7-14-9-10-15-8-6-11(13)16-12(2,3)4;1-9(2,3)13-8(11)4-6-12-7-5-10;1-2-4-11-6-7-12-5-3-8(9)10;1-5-6(8)9-7(2,3)4;3-1-2-4/h2H,1,3-9H2;5H,1,6-10H2,2-4H3;10H,4-7H2,1-3H3;2H,1,3-7H2,(H,9,10);5H,1H2,2-4H3;3-4H,1-2H2. The maximum Gasteiger partial charge on any atom is 0.335 e. The first-order valence-electron chi connectivity index (χ1n) is 23.5. The molecule has 23 heteroatoms. The molecule has 1 aliphatic rings. The van der Waals surface area contributed by atoms with Crippen LogP contribution in [-0.2, 0) is 85.8 Å². The van der Waals surface area contributed by atoms with Crippen LogP contribution in [0.3, 0.4) is 0 Å². The Bertz CT molecular complexity index is 1460. The average molecular weight is 1060 g/mol. The molecule has 0 aliphatic carbocycles. The number of esters is 3. The quantitative estimate of drug-likeness (QED) is 0.0185. The number of aliphatic hydroxyl groups excluding tert-OH is 3. The molecule has 0 saturated carbocycles. The van der Waals surface area contributed by atoms with E-state index in [9.17, 15) is 33.6 Å². The maximum atomic E-state index is 11.3. The van der Waals surface area contributed by atoms with Gasteiger partial charge in [-0.15, -0.1) is 24.8 Å². The molecule has 23 nitrogen and oxygen atoms in total. The Balaban J connectivity index is -0.000000264. The van der Waals surface area contributed by atoms with Crippen molar-refractivity contribution >= 4 is 41.7 Å². The molecule has 0 radical (unpaired) electrons. The van der Waals surface area contributed by atoms with E-state index in [2.05, 4.69) is 31.2 Å². The van der Waals surface area contributed by atoms with Crippen LogP contribution in [0.2, 0.25) is 0 Å². The van der Waals surface area contributed by atoms with Crippen LogP contribution < -0.4 is 0 Å². The van der Waals surface area contributed by atoms with E-state index >= 15 is 0 Å². The summed E-state index contributed by atoms with van der Waals surface area (Å²) >= 11 is 0. The lowest BCUT2D eigenvalue weighted by Crippen LogP contribution is -2.32. The molecule has 0 aromatic carbocycles. The lowest BCUT2D eigenvalue weighted by molar-refractivity contribution is -0.198. The van der Waals surface area contributed by atoms with Gasteiger partial charge in [0.05, 0.1) is 138 Å². The first-order chi connectivity index (χ1) is 34.2. The summed E-state index contributed by atoms with van der Waals surface area (Å²) < 4.78 is 50.4. The first kappa shape index (κ1) is 77.0. The third-order valence-electron chi connectivity index (χ3n) is 6.58. The molecule has 0 bridgehead atoms. The minimum Gasteiger partial charge on any atom is -0.481 e. The number of hydrogen-bond donors (Lipinski definition) is 4. The molecule has 1 fully saturated rings. The number of amides is 2. The SMILES string of the molecule is C=CC(=O)OC(C)(C)C.C=CCOCCOCCC(=O)O.C=CCOCCOCCC(=O)OC(C)(C)C.C=CCOCCOCCC(=O)ON1C(=O)CCC1=O.CC(C)(C)OC(=O)CCOCCO.OCCO. The van der Waals surface area contributed by atoms with Crippen LogP contribution in [0.5, 0.6) is 0 Å². The van der Waals surface area contributed by atoms with Crippen LogP contribution in [0.25, 0.3) is 0 Å². The third-order valence-corrected chi connectivity index (χ3v) is 6.58. The predicted molar refractivity (Wildman–Crippen MR) is 269 cm³/mol. The summed E-state index contributed by atoms with van der Waals surface area (Å²) in [5, 5.41) is 32.4. The van der Waals surface area contributed by atoms with Gasteiger partial charge in [0.25, 0.3) is 11.8 Å². The van der Waals surface area contributed by atoms with Crippen LogP contribution in [0.4, 0.5) is 0 Å². The van der Waals surface area contributed by atoms with Gasteiger partial charge in [-0.2, -0.15) is 0 Å². The molecular formula is C50H89NO22. The molecule has 1 heterocycles. The summed E-state index contributed by atoms with van der Waals surface area (Å²) in [4.78, 5) is 81.1. The zero-order valence-corrected chi connectivity index (χ0v) is 45.0. The Morgan fingerprint density at radius 1 is 0.466 bits per heavy atom. The Morgan fingerprint density at radius 3 is 1.05 bits per heavy atom. The number of rotatable bonds is 32. The highest BCUT2D eigenvalue weighted by Crippen LogP contribution is 2.13. The lowest BCUT2D eigenvalue weighted by Gasteiger charge is -2.19. The Labute approximate surface area is 432 Å². The second kappa shape index (κ2) is 51.9. The maximum absolute atomic E-state index is 11.3. The highest BCUT2D eigenvalue weighted by molar-refractivity contribution is 6.01. The van der Waals surface area contributed by atoms with Crippen LogP contribution >= 0.6 is 0 Å². The molecule has 1 rings (SSSR count). The number of carboxylic acid groups (broad SMARTS) is 1. The molecule has 0 spiro atoms. The van der Waals surface area contributed by atoms with Gasteiger partial charge in [0.15, 0.2) is 0 Å². The van der Waals surface area contributed by atoms with E-state index in [1.54, 1.807) is 18.2 Å². The fourth-order valence-corrected chi connectivity index (χ4v) is 3.89. The smallest absolute Gasteiger partial charge is 0.335 e. The number of aliphatic carboxylic acids is 1. The summed E-state index contributed by atoms with van der Waals surface area (Å²) in [5.74, 6) is -3.38. The van der Waals surface area contributed by atoms with Crippen LogP contribution in [-0.4, -0.2) is 196 Å². The van der Waals surface area contributed by atoms with E-state index < -0.39 is 40.6 Å². The molecule has 0 atom stereocenters. The monoisotopic (exact) mass is 1060 g/mol.